The number of rotatable bonds is 7. The molecule has 1 saturated heterocycles. The molecule has 1 amide bonds. The zero-order valence-corrected chi connectivity index (χ0v) is 20.9. The van der Waals surface area contributed by atoms with Gasteiger partial charge >= 0.3 is 0 Å². The highest BCUT2D eigenvalue weighted by atomic mass is 19.1. The second-order valence-corrected chi connectivity index (χ2v) is 9.42. The zero-order valence-electron chi connectivity index (χ0n) is 20.9. The van der Waals surface area contributed by atoms with Gasteiger partial charge in [0.25, 0.3) is 11.7 Å². The van der Waals surface area contributed by atoms with Crippen LogP contribution in [0.1, 0.15) is 47.7 Å². The number of hydrogen-bond acceptors (Lipinski definition) is 4. The maximum atomic E-state index is 13.3. The van der Waals surface area contributed by atoms with Gasteiger partial charge in [-0.05, 0) is 81.1 Å². The van der Waals surface area contributed by atoms with Crippen molar-refractivity contribution in [1.29, 1.82) is 0 Å². The van der Waals surface area contributed by atoms with Crippen molar-refractivity contribution in [3.05, 3.63) is 106 Å². The van der Waals surface area contributed by atoms with Crippen molar-refractivity contribution in [2.45, 2.75) is 46.3 Å². The summed E-state index contributed by atoms with van der Waals surface area (Å²) in [6, 6.07) is 18.1. The Bertz CT molecular complexity index is 1310. The molecule has 0 radical (unpaired) electrons. The number of carbonyl (C=O) groups excluding carboxylic acids is 2. The van der Waals surface area contributed by atoms with Crippen LogP contribution < -0.4 is 4.74 Å². The number of aryl methyl sites for hydroxylation is 2. The van der Waals surface area contributed by atoms with E-state index in [9.17, 15) is 19.1 Å². The zero-order chi connectivity index (χ0) is 26.0. The number of benzene rings is 3. The van der Waals surface area contributed by atoms with Gasteiger partial charge in [-0.2, -0.15) is 0 Å². The van der Waals surface area contributed by atoms with Crippen molar-refractivity contribution in [3.63, 3.8) is 0 Å². The Balaban J connectivity index is 1.78. The van der Waals surface area contributed by atoms with E-state index in [1.54, 1.807) is 24.3 Å². The van der Waals surface area contributed by atoms with E-state index in [4.69, 9.17) is 4.74 Å². The standard InChI is InChI=1S/C30H30FNO4/c1-18(2)36-24-13-9-22(10-14-24)27-26(28(33)25-17-19(3)5-6-20(25)4)29(34)30(35)32(27)16-15-21-7-11-23(31)12-8-21/h5-14,17-18,27,33H,15-16H2,1-4H3/b28-26+. The average Bonchev–Trinajstić information content (AvgIpc) is 3.10. The molecule has 36 heavy (non-hydrogen) atoms. The molecule has 186 valence electrons. The van der Waals surface area contributed by atoms with Crippen molar-refractivity contribution in [1.82, 2.24) is 4.90 Å². The van der Waals surface area contributed by atoms with E-state index in [0.29, 0.717) is 23.3 Å². The maximum Gasteiger partial charge on any atom is 0.295 e. The molecule has 1 atom stereocenters. The topological polar surface area (TPSA) is 66.8 Å². The fraction of sp³-hybridized carbons (Fsp3) is 0.267. The minimum absolute atomic E-state index is 0.00138. The molecule has 4 rings (SSSR count). The summed E-state index contributed by atoms with van der Waals surface area (Å²) in [5.74, 6) is -1.24. The minimum atomic E-state index is -0.765. The van der Waals surface area contributed by atoms with Crippen molar-refractivity contribution in [2.75, 3.05) is 6.54 Å². The van der Waals surface area contributed by atoms with Crippen LogP contribution in [0, 0.1) is 19.7 Å². The predicted octanol–water partition coefficient (Wildman–Crippen LogP) is 5.89. The predicted molar refractivity (Wildman–Crippen MR) is 137 cm³/mol. The van der Waals surface area contributed by atoms with E-state index in [2.05, 4.69) is 0 Å². The van der Waals surface area contributed by atoms with E-state index in [1.165, 1.54) is 17.0 Å². The third-order valence-electron chi connectivity index (χ3n) is 6.31. The van der Waals surface area contributed by atoms with Gasteiger partial charge in [0.05, 0.1) is 17.7 Å². The molecule has 1 N–H and O–H groups in total. The highest BCUT2D eigenvalue weighted by molar-refractivity contribution is 6.46. The molecule has 0 aliphatic carbocycles. The van der Waals surface area contributed by atoms with Crippen molar-refractivity contribution >= 4 is 17.4 Å². The van der Waals surface area contributed by atoms with Gasteiger partial charge in [0.15, 0.2) is 0 Å². The molecule has 0 spiro atoms. The van der Waals surface area contributed by atoms with Crippen LogP contribution in [0.15, 0.2) is 72.3 Å². The first-order chi connectivity index (χ1) is 17.2. The Kier molecular flexibility index (Phi) is 7.25. The summed E-state index contributed by atoms with van der Waals surface area (Å²) in [5.41, 5.74) is 3.85. The number of carbonyl (C=O) groups is 2. The van der Waals surface area contributed by atoms with E-state index in [0.717, 1.165) is 16.7 Å². The monoisotopic (exact) mass is 487 g/mol. The molecule has 0 aromatic heterocycles. The van der Waals surface area contributed by atoms with Crippen LogP contribution in [-0.4, -0.2) is 34.3 Å². The highest BCUT2D eigenvalue weighted by Gasteiger charge is 2.46. The summed E-state index contributed by atoms with van der Waals surface area (Å²) in [5, 5.41) is 11.4. The molecule has 1 fully saturated rings. The number of likely N-dealkylation sites (tertiary alicyclic amines) is 1. The fourth-order valence-electron chi connectivity index (χ4n) is 4.49. The first kappa shape index (κ1) is 25.2. The molecule has 3 aromatic rings. The summed E-state index contributed by atoms with van der Waals surface area (Å²) in [6.07, 6.45) is 0.434. The van der Waals surface area contributed by atoms with Crippen LogP contribution in [0.5, 0.6) is 5.75 Å². The van der Waals surface area contributed by atoms with Gasteiger partial charge in [0.2, 0.25) is 0 Å². The molecular weight excluding hydrogens is 457 g/mol. The lowest BCUT2D eigenvalue weighted by Crippen LogP contribution is -2.31. The van der Waals surface area contributed by atoms with Crippen LogP contribution in [-0.2, 0) is 16.0 Å². The Hall–Kier alpha value is -3.93. The SMILES string of the molecule is Cc1ccc(C)c(/C(O)=C2\C(=O)C(=O)N(CCc3ccc(F)cc3)C2c2ccc(OC(C)C)cc2)c1. The van der Waals surface area contributed by atoms with Crippen molar-refractivity contribution < 1.29 is 23.8 Å². The number of ether oxygens (including phenoxy) is 1. The number of nitrogens with zero attached hydrogens (tertiary/aromatic N) is 1. The molecule has 5 nitrogen and oxygen atoms in total. The Labute approximate surface area is 210 Å². The van der Waals surface area contributed by atoms with Crippen LogP contribution in [0.25, 0.3) is 5.76 Å². The lowest BCUT2D eigenvalue weighted by molar-refractivity contribution is -0.139. The van der Waals surface area contributed by atoms with Gasteiger partial charge in [-0.3, -0.25) is 9.59 Å². The second kappa shape index (κ2) is 10.4. The summed E-state index contributed by atoms with van der Waals surface area (Å²) in [4.78, 5) is 28.0. The second-order valence-electron chi connectivity index (χ2n) is 9.42. The Morgan fingerprint density at radius 3 is 2.31 bits per heavy atom. The van der Waals surface area contributed by atoms with Crippen molar-refractivity contribution in [3.8, 4) is 5.75 Å². The van der Waals surface area contributed by atoms with Gasteiger partial charge in [-0.15, -0.1) is 0 Å². The van der Waals surface area contributed by atoms with Crippen LogP contribution in [0.2, 0.25) is 0 Å². The molecule has 1 aliphatic heterocycles. The molecule has 0 bridgehead atoms. The number of Topliss-reactive ketones (excluding diaryl/α,β-unsaturated/α-hetero) is 1. The fourth-order valence-corrected chi connectivity index (χ4v) is 4.49. The maximum absolute atomic E-state index is 13.3. The number of amides is 1. The van der Waals surface area contributed by atoms with Crippen LogP contribution in [0.3, 0.4) is 0 Å². The lowest BCUT2D eigenvalue weighted by atomic mass is 9.93. The van der Waals surface area contributed by atoms with Gasteiger partial charge in [-0.25, -0.2) is 4.39 Å². The Morgan fingerprint density at radius 1 is 1.00 bits per heavy atom. The molecule has 1 heterocycles. The molecule has 1 aliphatic rings. The molecular formula is C30H30FNO4. The number of ketones is 1. The lowest BCUT2D eigenvalue weighted by Gasteiger charge is -2.26. The molecule has 0 saturated carbocycles. The first-order valence-electron chi connectivity index (χ1n) is 12.0. The minimum Gasteiger partial charge on any atom is -0.507 e. The third-order valence-corrected chi connectivity index (χ3v) is 6.31. The molecule has 3 aromatic carbocycles. The third kappa shape index (κ3) is 5.18. The van der Waals surface area contributed by atoms with E-state index in [1.807, 2.05) is 58.0 Å². The van der Waals surface area contributed by atoms with Crippen molar-refractivity contribution in [2.24, 2.45) is 0 Å². The molecule has 6 heteroatoms. The van der Waals surface area contributed by atoms with E-state index < -0.39 is 17.7 Å². The summed E-state index contributed by atoms with van der Waals surface area (Å²) in [6.45, 7) is 7.86. The summed E-state index contributed by atoms with van der Waals surface area (Å²) >= 11 is 0. The average molecular weight is 488 g/mol. The molecule has 1 unspecified atom stereocenters. The normalized spacial score (nSPS) is 17.2. The quantitative estimate of drug-likeness (QED) is 0.256. The van der Waals surface area contributed by atoms with Gasteiger partial charge in [-0.1, -0.05) is 42.0 Å². The number of aliphatic hydroxyl groups excluding tert-OH is 1. The van der Waals surface area contributed by atoms with E-state index in [-0.39, 0.29) is 29.8 Å². The largest absolute Gasteiger partial charge is 0.507 e. The number of aliphatic hydroxyl groups is 1. The van der Waals surface area contributed by atoms with Gasteiger partial charge < -0.3 is 14.7 Å². The number of hydrogen-bond donors (Lipinski definition) is 1. The first-order valence-corrected chi connectivity index (χ1v) is 12.0. The highest BCUT2D eigenvalue weighted by Crippen LogP contribution is 2.40. The van der Waals surface area contributed by atoms with Crippen LogP contribution >= 0.6 is 0 Å². The summed E-state index contributed by atoms with van der Waals surface area (Å²) in [7, 11) is 0. The van der Waals surface area contributed by atoms with Crippen LogP contribution in [0.4, 0.5) is 4.39 Å². The van der Waals surface area contributed by atoms with E-state index >= 15 is 0 Å². The van der Waals surface area contributed by atoms with Gasteiger partial charge in [0, 0.05) is 12.1 Å². The smallest absolute Gasteiger partial charge is 0.295 e. The number of halogens is 1. The summed E-state index contributed by atoms with van der Waals surface area (Å²) < 4.78 is 19.1. The van der Waals surface area contributed by atoms with Gasteiger partial charge in [0.1, 0.15) is 17.3 Å². The Morgan fingerprint density at radius 2 is 1.67 bits per heavy atom.